The van der Waals surface area contributed by atoms with E-state index in [9.17, 15) is 0 Å². The van der Waals surface area contributed by atoms with Gasteiger partial charge in [-0.3, -0.25) is 0 Å². The molecule has 0 amide bonds. The monoisotopic (exact) mass is 192 g/mol. The number of hydrogen-bond donors (Lipinski definition) is 0. The molecule has 0 aromatic heterocycles. The summed E-state index contributed by atoms with van der Waals surface area (Å²) in [4.78, 5) is 0. The van der Waals surface area contributed by atoms with Crippen LogP contribution in [0, 0.1) is 0 Å². The van der Waals surface area contributed by atoms with Crippen LogP contribution in [0.3, 0.4) is 0 Å². The Bertz CT molecular complexity index is 323. The van der Waals surface area contributed by atoms with Gasteiger partial charge in [0.1, 0.15) is 11.5 Å². The SMILES string of the molecule is C=C(C)C1=C(C(=C)C)OC(C)=C(C)O1. The molecule has 76 valence electrons. The van der Waals surface area contributed by atoms with Crippen molar-refractivity contribution in [1.29, 1.82) is 0 Å². The van der Waals surface area contributed by atoms with Gasteiger partial charge in [0.2, 0.25) is 0 Å². The highest BCUT2D eigenvalue weighted by atomic mass is 16.6. The molecule has 0 aliphatic carbocycles. The predicted molar refractivity (Wildman–Crippen MR) is 57.2 cm³/mol. The Balaban J connectivity index is 3.12. The molecule has 0 spiro atoms. The minimum absolute atomic E-state index is 0.681. The summed E-state index contributed by atoms with van der Waals surface area (Å²) in [6.07, 6.45) is 0. The van der Waals surface area contributed by atoms with E-state index < -0.39 is 0 Å². The van der Waals surface area contributed by atoms with Crippen LogP contribution in [-0.2, 0) is 9.47 Å². The number of allylic oxidation sites excluding steroid dienone is 4. The van der Waals surface area contributed by atoms with Gasteiger partial charge in [-0.25, -0.2) is 0 Å². The molecular formula is C12H16O2. The Hall–Kier alpha value is -1.44. The average molecular weight is 192 g/mol. The van der Waals surface area contributed by atoms with E-state index in [1.165, 1.54) is 0 Å². The van der Waals surface area contributed by atoms with Crippen LogP contribution >= 0.6 is 0 Å². The molecule has 0 unspecified atom stereocenters. The van der Waals surface area contributed by atoms with Crippen molar-refractivity contribution in [2.24, 2.45) is 0 Å². The second kappa shape index (κ2) is 3.74. The maximum absolute atomic E-state index is 5.61. The zero-order chi connectivity index (χ0) is 10.9. The Morgan fingerprint density at radius 2 is 1.14 bits per heavy atom. The molecule has 0 aromatic carbocycles. The third-order valence-electron chi connectivity index (χ3n) is 1.99. The molecule has 0 atom stereocenters. The number of hydrogen-bond acceptors (Lipinski definition) is 2. The molecule has 0 fully saturated rings. The molecule has 0 bridgehead atoms. The average Bonchev–Trinajstić information content (AvgIpc) is 2.08. The first-order valence-electron chi connectivity index (χ1n) is 4.52. The first-order valence-corrected chi connectivity index (χ1v) is 4.52. The Kier molecular flexibility index (Phi) is 2.84. The van der Waals surface area contributed by atoms with E-state index >= 15 is 0 Å². The zero-order valence-electron chi connectivity index (χ0n) is 9.23. The van der Waals surface area contributed by atoms with Gasteiger partial charge in [0.05, 0.1) is 0 Å². The van der Waals surface area contributed by atoms with Gasteiger partial charge in [-0.05, 0) is 38.8 Å². The summed E-state index contributed by atoms with van der Waals surface area (Å²) in [5.41, 5.74) is 1.68. The van der Waals surface area contributed by atoms with E-state index in [-0.39, 0.29) is 0 Å². The molecule has 0 saturated heterocycles. The van der Waals surface area contributed by atoms with Crippen LogP contribution in [0.15, 0.2) is 47.3 Å². The van der Waals surface area contributed by atoms with E-state index in [2.05, 4.69) is 13.2 Å². The molecule has 2 heteroatoms. The summed E-state index contributed by atoms with van der Waals surface area (Å²) in [6.45, 7) is 15.2. The molecule has 0 N–H and O–H groups in total. The fourth-order valence-corrected chi connectivity index (χ4v) is 1.10. The van der Waals surface area contributed by atoms with Crippen molar-refractivity contribution in [3.8, 4) is 0 Å². The Morgan fingerprint density at radius 1 is 0.857 bits per heavy atom. The Labute approximate surface area is 85.2 Å². The van der Waals surface area contributed by atoms with Crippen LogP contribution in [0.1, 0.15) is 27.7 Å². The highest BCUT2D eigenvalue weighted by molar-refractivity contribution is 5.37. The summed E-state index contributed by atoms with van der Waals surface area (Å²) in [6, 6.07) is 0. The quantitative estimate of drug-likeness (QED) is 0.665. The van der Waals surface area contributed by atoms with Crippen LogP contribution in [0.25, 0.3) is 0 Å². The summed E-state index contributed by atoms with van der Waals surface area (Å²) in [5.74, 6) is 2.90. The molecule has 1 aliphatic heterocycles. The van der Waals surface area contributed by atoms with Gasteiger partial charge < -0.3 is 9.47 Å². The van der Waals surface area contributed by atoms with Crippen LogP contribution in [0.4, 0.5) is 0 Å². The third-order valence-corrected chi connectivity index (χ3v) is 1.99. The molecular weight excluding hydrogens is 176 g/mol. The van der Waals surface area contributed by atoms with Crippen LogP contribution in [0.5, 0.6) is 0 Å². The molecule has 0 radical (unpaired) electrons. The van der Waals surface area contributed by atoms with Crippen molar-refractivity contribution in [3.05, 3.63) is 47.3 Å². The fourth-order valence-electron chi connectivity index (χ4n) is 1.10. The maximum Gasteiger partial charge on any atom is 0.172 e. The highest BCUT2D eigenvalue weighted by Crippen LogP contribution is 2.31. The maximum atomic E-state index is 5.61. The summed E-state index contributed by atoms with van der Waals surface area (Å²) < 4.78 is 11.2. The first-order chi connectivity index (χ1) is 6.43. The van der Waals surface area contributed by atoms with E-state index in [4.69, 9.17) is 9.47 Å². The van der Waals surface area contributed by atoms with Crippen molar-refractivity contribution >= 4 is 0 Å². The highest BCUT2D eigenvalue weighted by Gasteiger charge is 2.20. The largest absolute Gasteiger partial charge is 0.454 e. The minimum Gasteiger partial charge on any atom is -0.454 e. The van der Waals surface area contributed by atoms with Crippen molar-refractivity contribution < 1.29 is 9.47 Å². The van der Waals surface area contributed by atoms with E-state index in [1.54, 1.807) is 0 Å². The lowest BCUT2D eigenvalue weighted by Crippen LogP contribution is -2.09. The smallest absolute Gasteiger partial charge is 0.172 e. The topological polar surface area (TPSA) is 18.5 Å². The number of ether oxygens (including phenoxy) is 2. The molecule has 1 rings (SSSR count). The summed E-state index contributed by atoms with van der Waals surface area (Å²) in [7, 11) is 0. The number of rotatable bonds is 2. The third kappa shape index (κ3) is 1.90. The van der Waals surface area contributed by atoms with Gasteiger partial charge in [0.15, 0.2) is 11.5 Å². The van der Waals surface area contributed by atoms with Crippen molar-refractivity contribution in [2.75, 3.05) is 0 Å². The van der Waals surface area contributed by atoms with Gasteiger partial charge in [0, 0.05) is 0 Å². The Morgan fingerprint density at radius 3 is 1.36 bits per heavy atom. The second-order valence-electron chi connectivity index (χ2n) is 3.54. The second-order valence-corrected chi connectivity index (χ2v) is 3.54. The van der Waals surface area contributed by atoms with Gasteiger partial charge in [-0.1, -0.05) is 13.2 Å². The van der Waals surface area contributed by atoms with Crippen LogP contribution in [-0.4, -0.2) is 0 Å². The van der Waals surface area contributed by atoms with Gasteiger partial charge in [-0.2, -0.15) is 0 Å². The standard InChI is InChI=1S/C12H16O2/c1-7(2)11-12(8(3)4)14-10(6)9(5)13-11/h1,3H2,2,4-6H3. The lowest BCUT2D eigenvalue weighted by atomic mass is 10.1. The molecule has 14 heavy (non-hydrogen) atoms. The van der Waals surface area contributed by atoms with Crippen molar-refractivity contribution in [3.63, 3.8) is 0 Å². The van der Waals surface area contributed by atoms with Crippen molar-refractivity contribution in [2.45, 2.75) is 27.7 Å². The predicted octanol–water partition coefficient (Wildman–Crippen LogP) is 3.65. The summed E-state index contributed by atoms with van der Waals surface area (Å²) in [5, 5.41) is 0. The molecule has 0 saturated carbocycles. The van der Waals surface area contributed by atoms with Crippen LogP contribution < -0.4 is 0 Å². The van der Waals surface area contributed by atoms with Gasteiger partial charge in [-0.15, -0.1) is 0 Å². The lowest BCUT2D eigenvalue weighted by Gasteiger charge is -2.23. The molecule has 2 nitrogen and oxygen atoms in total. The van der Waals surface area contributed by atoms with Gasteiger partial charge >= 0.3 is 0 Å². The van der Waals surface area contributed by atoms with E-state index in [0.717, 1.165) is 22.7 Å². The first kappa shape index (κ1) is 10.6. The zero-order valence-corrected chi connectivity index (χ0v) is 9.23. The van der Waals surface area contributed by atoms with E-state index in [1.807, 2.05) is 27.7 Å². The van der Waals surface area contributed by atoms with Gasteiger partial charge in [0.25, 0.3) is 0 Å². The lowest BCUT2D eigenvalue weighted by molar-refractivity contribution is 0.186. The normalized spacial score (nSPS) is 16.3. The van der Waals surface area contributed by atoms with Crippen LogP contribution in [0.2, 0.25) is 0 Å². The van der Waals surface area contributed by atoms with E-state index in [0.29, 0.717) is 11.5 Å². The van der Waals surface area contributed by atoms with Crippen molar-refractivity contribution in [1.82, 2.24) is 0 Å². The fraction of sp³-hybridized carbons (Fsp3) is 0.333. The molecule has 0 aromatic rings. The summed E-state index contributed by atoms with van der Waals surface area (Å²) >= 11 is 0. The minimum atomic E-state index is 0.681. The molecule has 1 heterocycles. The molecule has 1 aliphatic rings.